The van der Waals surface area contributed by atoms with E-state index in [-0.39, 0.29) is 5.75 Å². The molecule has 1 fully saturated rings. The maximum absolute atomic E-state index is 12.8. The summed E-state index contributed by atoms with van der Waals surface area (Å²) < 4.78 is 0.549. The number of rotatable bonds is 1. The van der Waals surface area contributed by atoms with Gasteiger partial charge in [-0.2, -0.15) is 4.90 Å². The smallest absolute Gasteiger partial charge is 0.328 e. The molecule has 0 aliphatic carbocycles. The second-order valence-corrected chi connectivity index (χ2v) is 8.56. The van der Waals surface area contributed by atoms with Crippen LogP contribution in [0.1, 0.15) is 16.4 Å². The summed E-state index contributed by atoms with van der Waals surface area (Å²) in [7, 11) is 0. The summed E-state index contributed by atoms with van der Waals surface area (Å²) in [6.07, 6.45) is 0. The monoisotopic (exact) mass is 393 g/mol. The molecule has 3 unspecified atom stereocenters. The van der Waals surface area contributed by atoms with Gasteiger partial charge < -0.3 is 15.8 Å². The molecular formula is C15H11N3O4S3. The normalized spacial score (nSPS) is 25.0. The highest BCUT2D eigenvalue weighted by Gasteiger charge is 2.57. The Labute approximate surface area is 154 Å². The summed E-state index contributed by atoms with van der Waals surface area (Å²) in [5.41, 5.74) is 5.98. The predicted molar refractivity (Wildman–Crippen MR) is 94.0 cm³/mol. The number of primary amides is 1. The van der Waals surface area contributed by atoms with Gasteiger partial charge >= 0.3 is 6.03 Å². The minimum absolute atomic E-state index is 0.0972. The standard InChI is InChI=1S/C15H11N3O4S3/c16-14(22)18-12(20)8-7(5-1-3-6(19)4-2-5)9-11(17-15(23)25-9)24-10(8)13(18)21/h1-4,7-8,10,19H,(H2,16,22)(H,17,23). The first-order valence-electron chi connectivity index (χ1n) is 7.24. The highest BCUT2D eigenvalue weighted by atomic mass is 32.2. The molecule has 7 nitrogen and oxygen atoms in total. The molecule has 25 heavy (non-hydrogen) atoms. The topological polar surface area (TPSA) is 116 Å². The van der Waals surface area contributed by atoms with Crippen LogP contribution in [0.4, 0.5) is 4.79 Å². The molecule has 2 aromatic rings. The van der Waals surface area contributed by atoms with E-state index in [0.29, 0.717) is 8.85 Å². The number of carbonyl (C=O) groups is 3. The molecule has 2 aliphatic rings. The Kier molecular flexibility index (Phi) is 3.71. The fraction of sp³-hybridized carbons (Fsp3) is 0.200. The van der Waals surface area contributed by atoms with E-state index in [2.05, 4.69) is 4.98 Å². The number of phenols is 1. The molecule has 1 aromatic carbocycles. The minimum atomic E-state index is -1.06. The maximum Gasteiger partial charge on any atom is 0.328 e. The molecule has 4 rings (SSSR count). The number of nitrogens with one attached hydrogen (secondary N) is 1. The number of nitrogens with two attached hydrogens (primary N) is 1. The van der Waals surface area contributed by atoms with E-state index in [0.717, 1.165) is 15.5 Å². The highest BCUT2D eigenvalue weighted by Crippen LogP contribution is 2.53. The molecule has 4 amide bonds. The number of urea groups is 1. The molecule has 3 atom stereocenters. The van der Waals surface area contributed by atoms with Crippen molar-refractivity contribution in [2.24, 2.45) is 11.7 Å². The minimum Gasteiger partial charge on any atom is -0.508 e. The van der Waals surface area contributed by atoms with Crippen molar-refractivity contribution < 1.29 is 19.5 Å². The number of thiazole rings is 1. The van der Waals surface area contributed by atoms with E-state index in [9.17, 15) is 19.5 Å². The van der Waals surface area contributed by atoms with E-state index < -0.39 is 34.9 Å². The summed E-state index contributed by atoms with van der Waals surface area (Å²) in [6, 6.07) is 5.37. The Morgan fingerprint density at radius 2 is 1.92 bits per heavy atom. The lowest BCUT2D eigenvalue weighted by molar-refractivity contribution is -0.135. The number of aromatic amines is 1. The van der Waals surface area contributed by atoms with Gasteiger partial charge in [0, 0.05) is 10.8 Å². The molecule has 10 heteroatoms. The van der Waals surface area contributed by atoms with Crippen molar-refractivity contribution in [2.75, 3.05) is 0 Å². The zero-order valence-electron chi connectivity index (χ0n) is 12.5. The average molecular weight is 393 g/mol. The summed E-state index contributed by atoms with van der Waals surface area (Å²) in [4.78, 5) is 41.3. The summed E-state index contributed by atoms with van der Waals surface area (Å²) in [6.45, 7) is 0. The van der Waals surface area contributed by atoms with Crippen LogP contribution in [-0.4, -0.2) is 38.1 Å². The van der Waals surface area contributed by atoms with Gasteiger partial charge in [-0.15, -0.1) is 11.3 Å². The number of phenolic OH excluding ortho intramolecular Hbond substituents is 1. The molecule has 0 spiro atoms. The van der Waals surface area contributed by atoms with E-state index in [1.54, 1.807) is 12.1 Å². The van der Waals surface area contributed by atoms with Crippen molar-refractivity contribution in [1.29, 1.82) is 0 Å². The lowest BCUT2D eigenvalue weighted by Gasteiger charge is -2.29. The number of H-pyrrole nitrogens is 1. The molecule has 2 aliphatic heterocycles. The van der Waals surface area contributed by atoms with Gasteiger partial charge in [0.25, 0.3) is 5.91 Å². The first-order chi connectivity index (χ1) is 11.9. The summed E-state index contributed by atoms with van der Waals surface area (Å²) in [5, 5.41) is 9.52. The second kappa shape index (κ2) is 5.68. The number of thioether (sulfide) groups is 1. The number of imide groups is 3. The van der Waals surface area contributed by atoms with Crippen LogP contribution >= 0.6 is 35.3 Å². The van der Waals surface area contributed by atoms with Crippen molar-refractivity contribution in [1.82, 2.24) is 9.88 Å². The van der Waals surface area contributed by atoms with Gasteiger partial charge in [0.15, 0.2) is 3.95 Å². The number of hydrogen-bond donors (Lipinski definition) is 3. The van der Waals surface area contributed by atoms with Crippen LogP contribution in [0.5, 0.6) is 5.75 Å². The highest BCUT2D eigenvalue weighted by molar-refractivity contribution is 8.00. The molecule has 1 saturated heterocycles. The van der Waals surface area contributed by atoms with Crippen LogP contribution < -0.4 is 5.73 Å². The van der Waals surface area contributed by atoms with Gasteiger partial charge in [0.2, 0.25) is 5.91 Å². The third-order valence-electron chi connectivity index (χ3n) is 4.30. The molecule has 1 aromatic heterocycles. The Morgan fingerprint density at radius 3 is 2.56 bits per heavy atom. The van der Waals surface area contributed by atoms with E-state index >= 15 is 0 Å². The van der Waals surface area contributed by atoms with Crippen LogP contribution in [0.15, 0.2) is 29.3 Å². The van der Waals surface area contributed by atoms with Crippen LogP contribution in [0.2, 0.25) is 0 Å². The van der Waals surface area contributed by atoms with Crippen molar-refractivity contribution >= 4 is 53.2 Å². The fourth-order valence-corrected chi connectivity index (χ4v) is 6.24. The zero-order chi connectivity index (χ0) is 17.9. The lowest BCUT2D eigenvalue weighted by atomic mass is 9.83. The number of aromatic nitrogens is 1. The molecule has 128 valence electrons. The number of likely N-dealkylation sites (tertiary alicyclic amines) is 1. The number of amides is 4. The number of carbonyl (C=O) groups excluding carboxylic acids is 3. The van der Waals surface area contributed by atoms with Gasteiger partial charge in [-0.25, -0.2) is 4.79 Å². The Hall–Kier alpha value is -2.17. The zero-order valence-corrected chi connectivity index (χ0v) is 14.9. The molecule has 3 heterocycles. The van der Waals surface area contributed by atoms with E-state index in [1.165, 1.54) is 35.2 Å². The van der Waals surface area contributed by atoms with Crippen molar-refractivity contribution in [3.63, 3.8) is 0 Å². The first-order valence-corrected chi connectivity index (χ1v) is 9.34. The Morgan fingerprint density at radius 1 is 1.24 bits per heavy atom. The number of hydrogen-bond acceptors (Lipinski definition) is 7. The van der Waals surface area contributed by atoms with Crippen LogP contribution in [0, 0.1) is 9.87 Å². The quantitative estimate of drug-likeness (QED) is 0.505. The van der Waals surface area contributed by atoms with E-state index in [4.69, 9.17) is 18.0 Å². The van der Waals surface area contributed by atoms with Gasteiger partial charge in [-0.05, 0) is 29.9 Å². The van der Waals surface area contributed by atoms with Crippen molar-refractivity contribution in [3.8, 4) is 5.75 Å². The van der Waals surface area contributed by atoms with Crippen LogP contribution in [-0.2, 0) is 9.59 Å². The summed E-state index contributed by atoms with van der Waals surface area (Å²) in [5.74, 6) is -2.30. The van der Waals surface area contributed by atoms with Crippen LogP contribution in [0.3, 0.4) is 0 Å². The fourth-order valence-electron chi connectivity index (χ4n) is 3.28. The molecular weight excluding hydrogens is 382 g/mol. The number of aromatic hydroxyl groups is 1. The third kappa shape index (κ3) is 2.40. The average Bonchev–Trinajstić information content (AvgIpc) is 3.04. The van der Waals surface area contributed by atoms with Gasteiger partial charge in [0.05, 0.1) is 10.9 Å². The molecule has 0 saturated carbocycles. The van der Waals surface area contributed by atoms with Gasteiger partial charge in [0.1, 0.15) is 11.0 Å². The number of fused-ring (bicyclic) bond motifs is 2. The van der Waals surface area contributed by atoms with Gasteiger partial charge in [-0.1, -0.05) is 23.9 Å². The largest absolute Gasteiger partial charge is 0.508 e. The summed E-state index contributed by atoms with van der Waals surface area (Å²) >= 11 is 7.75. The molecule has 0 radical (unpaired) electrons. The first kappa shape index (κ1) is 16.3. The Balaban J connectivity index is 1.90. The number of nitrogens with zero attached hydrogens (tertiary/aromatic N) is 1. The van der Waals surface area contributed by atoms with Crippen molar-refractivity contribution in [3.05, 3.63) is 38.7 Å². The predicted octanol–water partition coefficient (Wildman–Crippen LogP) is 2.18. The molecule has 4 N–H and O–H groups in total. The molecule has 0 bridgehead atoms. The lowest BCUT2D eigenvalue weighted by Crippen LogP contribution is -2.41. The SMILES string of the molecule is NC(=O)N1C(=O)C2Sc3[nH]c(=S)sc3C(c3ccc(O)cc3)C2C1=O. The number of benzene rings is 1. The van der Waals surface area contributed by atoms with Crippen molar-refractivity contribution in [2.45, 2.75) is 16.2 Å². The second-order valence-electron chi connectivity index (χ2n) is 5.69. The van der Waals surface area contributed by atoms with Crippen LogP contribution in [0.25, 0.3) is 0 Å². The maximum atomic E-state index is 12.8. The van der Waals surface area contributed by atoms with E-state index in [1.807, 2.05) is 0 Å². The van der Waals surface area contributed by atoms with Gasteiger partial charge in [-0.3, -0.25) is 9.59 Å². The Bertz CT molecular complexity index is 965. The third-order valence-corrected chi connectivity index (χ3v) is 7.05.